The third-order valence-electron chi connectivity index (χ3n) is 4.23. The van der Waals surface area contributed by atoms with Gasteiger partial charge in [0.15, 0.2) is 0 Å². The van der Waals surface area contributed by atoms with Crippen LogP contribution in [-0.2, 0) is 19.2 Å². The lowest BCUT2D eigenvalue weighted by Crippen LogP contribution is -2.15. The Hall–Kier alpha value is -6.40. The molecule has 0 spiro atoms. The molecular weight excluding hydrogens is 644 g/mol. The van der Waals surface area contributed by atoms with E-state index < -0.39 is 30.0 Å². The first-order valence-corrected chi connectivity index (χ1v) is 14.0. The summed E-state index contributed by atoms with van der Waals surface area (Å²) in [6, 6.07) is 30.1. The Labute approximate surface area is 294 Å². The SMILES string of the molecule is C=CC(=O)O.C=CC(=O)O.C=CC(=O)O.C=CC(=O)O.C=Cc1ccccc1.C=Cc1ccccc1.C=Cc1ccccc1.OCC(O)CO. The maximum Gasteiger partial charge on any atom is 0.327 e. The van der Waals surface area contributed by atoms with Gasteiger partial charge in [-0.3, -0.25) is 0 Å². The number of carboxylic acid groups (broad SMARTS) is 4. The average Bonchev–Trinajstić information content (AvgIpc) is 3.16. The molecule has 3 aromatic carbocycles. The highest BCUT2D eigenvalue weighted by Crippen LogP contribution is 1.98. The van der Waals surface area contributed by atoms with Crippen LogP contribution in [0.15, 0.2) is 161 Å². The van der Waals surface area contributed by atoms with Crippen LogP contribution in [0.5, 0.6) is 0 Å². The van der Waals surface area contributed by atoms with E-state index in [0.29, 0.717) is 0 Å². The van der Waals surface area contributed by atoms with Gasteiger partial charge in [0.1, 0.15) is 6.10 Å². The molecule has 0 aliphatic carbocycles. The standard InChI is InChI=1S/3C8H8.C3H8O3.4C3H4O2/c3*1-2-8-6-4-3-5-7-8;4-1-3(6)2-5;4*1-2-3(4)5/h3*2-7H,1H2;3-6H,1-2H2;4*2H,1H2,(H,4,5). The fraction of sp³-hybridized carbons (Fsp3) is 0.0769. The van der Waals surface area contributed by atoms with Gasteiger partial charge in [0.2, 0.25) is 0 Å². The molecule has 0 bridgehead atoms. The first-order valence-electron chi connectivity index (χ1n) is 14.0. The van der Waals surface area contributed by atoms with Gasteiger partial charge in [-0.2, -0.15) is 0 Å². The van der Waals surface area contributed by atoms with Crippen LogP contribution in [-0.4, -0.2) is 78.9 Å². The molecule has 3 rings (SSSR count). The molecule has 0 saturated heterocycles. The number of carbonyl (C=O) groups is 4. The zero-order valence-electron chi connectivity index (χ0n) is 27.9. The minimum Gasteiger partial charge on any atom is -0.478 e. The molecule has 0 heterocycles. The van der Waals surface area contributed by atoms with Crippen LogP contribution in [0.2, 0.25) is 0 Å². The van der Waals surface area contributed by atoms with E-state index in [0.717, 1.165) is 24.3 Å². The summed E-state index contributed by atoms with van der Waals surface area (Å²) in [5.74, 6) is -3.93. The van der Waals surface area contributed by atoms with Gasteiger partial charge in [-0.1, -0.05) is 155 Å². The number of aliphatic hydroxyl groups excluding tert-OH is 3. The molecule has 0 unspecified atom stereocenters. The molecule has 0 saturated carbocycles. The second kappa shape index (κ2) is 42.6. The van der Waals surface area contributed by atoms with Crippen molar-refractivity contribution < 1.29 is 54.9 Å². The number of aliphatic hydroxyl groups is 3. The Morgan fingerprint density at radius 3 is 0.660 bits per heavy atom. The number of rotatable bonds is 9. The number of benzene rings is 3. The van der Waals surface area contributed by atoms with Gasteiger partial charge in [0.25, 0.3) is 0 Å². The van der Waals surface area contributed by atoms with Gasteiger partial charge in [-0.05, 0) is 16.7 Å². The predicted molar refractivity (Wildman–Crippen MR) is 201 cm³/mol. The van der Waals surface area contributed by atoms with E-state index >= 15 is 0 Å². The normalized spacial score (nSPS) is 7.84. The van der Waals surface area contributed by atoms with E-state index in [1.807, 2.05) is 109 Å². The molecule has 11 heteroatoms. The largest absolute Gasteiger partial charge is 0.478 e. The summed E-state index contributed by atoms with van der Waals surface area (Å²) >= 11 is 0. The molecular formula is C39H48O11. The lowest BCUT2D eigenvalue weighted by atomic mass is 10.2. The molecule has 0 fully saturated rings. The summed E-state index contributed by atoms with van der Waals surface area (Å²) in [7, 11) is 0. The Kier molecular flexibility index (Phi) is 45.2. The van der Waals surface area contributed by atoms with Crippen molar-refractivity contribution in [1.82, 2.24) is 0 Å². The minimum atomic E-state index is -0.981. The van der Waals surface area contributed by atoms with E-state index in [2.05, 4.69) is 46.1 Å². The smallest absolute Gasteiger partial charge is 0.327 e. The van der Waals surface area contributed by atoms with Crippen molar-refractivity contribution in [3.05, 3.63) is 178 Å². The van der Waals surface area contributed by atoms with E-state index in [1.54, 1.807) is 0 Å². The molecule has 7 N–H and O–H groups in total. The monoisotopic (exact) mass is 692 g/mol. The van der Waals surface area contributed by atoms with Gasteiger partial charge >= 0.3 is 23.9 Å². The number of hydrogen-bond donors (Lipinski definition) is 7. The van der Waals surface area contributed by atoms with Gasteiger partial charge in [-0.25, -0.2) is 19.2 Å². The highest BCUT2D eigenvalue weighted by Gasteiger charge is 1.93. The van der Waals surface area contributed by atoms with Gasteiger partial charge in [0.05, 0.1) is 13.2 Å². The van der Waals surface area contributed by atoms with Gasteiger partial charge < -0.3 is 35.7 Å². The van der Waals surface area contributed by atoms with Crippen LogP contribution >= 0.6 is 0 Å². The summed E-state index contributed by atoms with van der Waals surface area (Å²) < 4.78 is 0. The molecule has 0 aromatic heterocycles. The lowest BCUT2D eigenvalue weighted by molar-refractivity contribution is -0.132. The summed E-state index contributed by atoms with van der Waals surface area (Å²) in [5, 5.41) is 54.4. The van der Waals surface area contributed by atoms with Crippen LogP contribution in [0.25, 0.3) is 18.2 Å². The molecule has 0 aliphatic heterocycles. The van der Waals surface area contributed by atoms with E-state index in [4.69, 9.17) is 35.7 Å². The Balaban J connectivity index is -0.000000156. The molecule has 270 valence electrons. The fourth-order valence-electron chi connectivity index (χ4n) is 1.83. The first kappa shape index (κ1) is 53.1. The van der Waals surface area contributed by atoms with Crippen LogP contribution in [0.1, 0.15) is 16.7 Å². The Morgan fingerprint density at radius 2 is 0.600 bits per heavy atom. The van der Waals surface area contributed by atoms with Crippen molar-refractivity contribution >= 4 is 42.1 Å². The molecule has 0 amide bonds. The second-order valence-corrected chi connectivity index (χ2v) is 8.03. The first-order chi connectivity index (χ1) is 23.7. The van der Waals surface area contributed by atoms with E-state index in [9.17, 15) is 19.2 Å². The quantitative estimate of drug-likeness (QED) is 0.123. The highest BCUT2D eigenvalue weighted by molar-refractivity contribution is 5.79. The Bertz CT molecular complexity index is 1170. The number of hydrogen-bond acceptors (Lipinski definition) is 7. The molecule has 11 nitrogen and oxygen atoms in total. The summed E-state index contributed by atoms with van der Waals surface area (Å²) in [6.45, 7) is 22.0. The topological polar surface area (TPSA) is 210 Å². The van der Waals surface area contributed by atoms with E-state index in [1.165, 1.54) is 16.7 Å². The molecule has 0 atom stereocenters. The molecule has 0 radical (unpaired) electrons. The molecule has 3 aromatic rings. The van der Waals surface area contributed by atoms with Crippen molar-refractivity contribution in [2.24, 2.45) is 0 Å². The van der Waals surface area contributed by atoms with Crippen LogP contribution in [0.4, 0.5) is 0 Å². The second-order valence-electron chi connectivity index (χ2n) is 8.03. The number of aliphatic carboxylic acids is 4. The van der Waals surface area contributed by atoms with Crippen molar-refractivity contribution in [3.63, 3.8) is 0 Å². The molecule has 0 aliphatic rings. The van der Waals surface area contributed by atoms with Crippen molar-refractivity contribution in [3.8, 4) is 0 Å². The minimum absolute atomic E-state index is 0.365. The molecule has 50 heavy (non-hydrogen) atoms. The third-order valence-corrected chi connectivity index (χ3v) is 4.23. The van der Waals surface area contributed by atoms with Crippen LogP contribution < -0.4 is 0 Å². The summed E-state index contributed by atoms with van der Waals surface area (Å²) in [4.78, 5) is 37.0. The maximum absolute atomic E-state index is 9.25. The third kappa shape index (κ3) is 54.1. The van der Waals surface area contributed by atoms with Gasteiger partial charge in [0, 0.05) is 24.3 Å². The lowest BCUT2D eigenvalue weighted by Gasteiger charge is -1.96. The predicted octanol–water partition coefficient (Wildman–Crippen LogP) is 6.35. The zero-order valence-corrected chi connectivity index (χ0v) is 27.9. The van der Waals surface area contributed by atoms with Gasteiger partial charge in [-0.15, -0.1) is 0 Å². The average molecular weight is 693 g/mol. The van der Waals surface area contributed by atoms with Crippen molar-refractivity contribution in [2.75, 3.05) is 13.2 Å². The highest BCUT2D eigenvalue weighted by atomic mass is 16.4. The van der Waals surface area contributed by atoms with E-state index in [-0.39, 0.29) is 13.2 Å². The van der Waals surface area contributed by atoms with Crippen molar-refractivity contribution in [2.45, 2.75) is 6.10 Å². The van der Waals surface area contributed by atoms with Crippen molar-refractivity contribution in [1.29, 1.82) is 0 Å². The summed E-state index contributed by atoms with van der Waals surface area (Å²) in [6.07, 6.45) is 7.88. The Morgan fingerprint density at radius 1 is 0.440 bits per heavy atom. The van der Waals surface area contributed by atoms with Crippen LogP contribution in [0.3, 0.4) is 0 Å². The maximum atomic E-state index is 9.25. The van der Waals surface area contributed by atoms with Crippen LogP contribution in [0, 0.1) is 0 Å². The summed E-state index contributed by atoms with van der Waals surface area (Å²) in [5.41, 5.74) is 3.52. The number of carboxylic acids is 4. The zero-order chi connectivity index (χ0) is 39.6. The fourth-order valence-corrected chi connectivity index (χ4v) is 1.83.